The fourth-order valence-electron chi connectivity index (χ4n) is 3.19. The molecular formula is C25H21N3O2. The van der Waals surface area contributed by atoms with Crippen LogP contribution in [0.1, 0.15) is 16.7 Å². The van der Waals surface area contributed by atoms with Crippen LogP contribution in [-0.4, -0.2) is 15.9 Å². The van der Waals surface area contributed by atoms with E-state index in [0.29, 0.717) is 5.89 Å². The molecule has 0 aliphatic rings. The molecule has 0 bridgehead atoms. The second-order valence-corrected chi connectivity index (χ2v) is 7.00. The molecule has 0 fully saturated rings. The first kappa shape index (κ1) is 19.3. The van der Waals surface area contributed by atoms with Crippen LogP contribution in [0.4, 0.5) is 5.69 Å². The summed E-state index contributed by atoms with van der Waals surface area (Å²) in [6.07, 6.45) is 10.0. The summed E-state index contributed by atoms with van der Waals surface area (Å²) in [5, 5.41) is 2.89. The Morgan fingerprint density at radius 1 is 0.967 bits per heavy atom. The van der Waals surface area contributed by atoms with Gasteiger partial charge in [0.2, 0.25) is 11.8 Å². The number of oxazole rings is 1. The smallest absolute Gasteiger partial charge is 0.248 e. The van der Waals surface area contributed by atoms with E-state index in [2.05, 4.69) is 34.3 Å². The molecule has 0 saturated carbocycles. The van der Waals surface area contributed by atoms with Gasteiger partial charge in [0.25, 0.3) is 0 Å². The predicted octanol–water partition coefficient (Wildman–Crippen LogP) is 5.67. The fourth-order valence-corrected chi connectivity index (χ4v) is 3.19. The number of benzene rings is 2. The molecule has 30 heavy (non-hydrogen) atoms. The van der Waals surface area contributed by atoms with Gasteiger partial charge in [-0.25, -0.2) is 4.98 Å². The lowest BCUT2D eigenvalue weighted by Crippen LogP contribution is -2.07. The zero-order valence-electron chi connectivity index (χ0n) is 16.8. The largest absolute Gasteiger partial charge is 0.445 e. The molecule has 0 atom stereocenters. The standard InChI is InChI=1S/C25H21N3O2/c1-17-3-4-21(25-27-13-14-30-25)15-23(17)20-5-8-22(9-6-20)28-24(29)10-7-19-11-12-26-16-18(19)2/h3-16H,1-2H3,(H,28,29)/b10-7-. The van der Waals surface area contributed by atoms with Crippen LogP contribution in [0.25, 0.3) is 28.7 Å². The van der Waals surface area contributed by atoms with Crippen molar-refractivity contribution in [3.63, 3.8) is 0 Å². The van der Waals surface area contributed by atoms with Crippen molar-refractivity contribution in [1.29, 1.82) is 0 Å². The Morgan fingerprint density at radius 3 is 2.50 bits per heavy atom. The van der Waals surface area contributed by atoms with E-state index in [1.807, 2.05) is 43.3 Å². The molecule has 4 aromatic rings. The number of nitrogens with one attached hydrogen (secondary N) is 1. The normalized spacial score (nSPS) is 11.0. The first-order valence-corrected chi connectivity index (χ1v) is 9.61. The van der Waals surface area contributed by atoms with Crippen molar-refractivity contribution < 1.29 is 9.21 Å². The minimum absolute atomic E-state index is 0.180. The molecule has 1 amide bonds. The zero-order valence-corrected chi connectivity index (χ0v) is 16.8. The van der Waals surface area contributed by atoms with Crippen LogP contribution in [0.3, 0.4) is 0 Å². The Hall–Kier alpha value is -3.99. The molecule has 2 aromatic heterocycles. The van der Waals surface area contributed by atoms with E-state index in [0.717, 1.165) is 39.1 Å². The average Bonchev–Trinajstić information content (AvgIpc) is 3.29. The van der Waals surface area contributed by atoms with Crippen molar-refractivity contribution in [2.45, 2.75) is 13.8 Å². The first-order valence-electron chi connectivity index (χ1n) is 9.61. The van der Waals surface area contributed by atoms with Crippen LogP contribution in [0.15, 0.2) is 83.9 Å². The second kappa shape index (κ2) is 8.57. The Balaban J connectivity index is 1.49. The number of anilines is 1. The third-order valence-electron chi connectivity index (χ3n) is 4.86. The summed E-state index contributed by atoms with van der Waals surface area (Å²) in [5.41, 5.74) is 6.96. The van der Waals surface area contributed by atoms with Crippen LogP contribution in [0, 0.1) is 13.8 Å². The van der Waals surface area contributed by atoms with E-state index in [-0.39, 0.29) is 5.91 Å². The predicted molar refractivity (Wildman–Crippen MR) is 119 cm³/mol. The van der Waals surface area contributed by atoms with Crippen LogP contribution >= 0.6 is 0 Å². The summed E-state index contributed by atoms with van der Waals surface area (Å²) in [6, 6.07) is 15.8. The topological polar surface area (TPSA) is 68.0 Å². The molecule has 0 radical (unpaired) electrons. The number of nitrogens with zero attached hydrogens (tertiary/aromatic N) is 2. The first-order chi connectivity index (χ1) is 14.6. The van der Waals surface area contributed by atoms with E-state index in [1.54, 1.807) is 30.9 Å². The van der Waals surface area contributed by atoms with Gasteiger partial charge in [0.15, 0.2) is 0 Å². The van der Waals surface area contributed by atoms with Crippen molar-refractivity contribution in [3.05, 3.63) is 96.2 Å². The van der Waals surface area contributed by atoms with Crippen molar-refractivity contribution in [3.8, 4) is 22.6 Å². The molecule has 148 valence electrons. The molecule has 0 unspecified atom stereocenters. The van der Waals surface area contributed by atoms with Crippen LogP contribution in [0.5, 0.6) is 0 Å². The molecule has 5 heteroatoms. The van der Waals surface area contributed by atoms with Gasteiger partial charge in [-0.2, -0.15) is 0 Å². The Kier molecular flexibility index (Phi) is 5.52. The maximum atomic E-state index is 12.3. The Morgan fingerprint density at radius 2 is 1.77 bits per heavy atom. The van der Waals surface area contributed by atoms with Gasteiger partial charge in [0, 0.05) is 29.7 Å². The maximum Gasteiger partial charge on any atom is 0.248 e. The molecule has 5 nitrogen and oxygen atoms in total. The highest BCUT2D eigenvalue weighted by atomic mass is 16.3. The molecule has 0 aliphatic carbocycles. The van der Waals surface area contributed by atoms with Gasteiger partial charge in [-0.1, -0.05) is 18.2 Å². The monoisotopic (exact) mass is 395 g/mol. The van der Waals surface area contributed by atoms with Crippen LogP contribution in [0.2, 0.25) is 0 Å². The number of carbonyl (C=O) groups is 1. The number of aromatic nitrogens is 2. The number of amides is 1. The second-order valence-electron chi connectivity index (χ2n) is 7.00. The van der Waals surface area contributed by atoms with Gasteiger partial charge < -0.3 is 9.73 Å². The highest BCUT2D eigenvalue weighted by molar-refractivity contribution is 6.02. The van der Waals surface area contributed by atoms with Gasteiger partial charge >= 0.3 is 0 Å². The van der Waals surface area contributed by atoms with E-state index in [1.165, 1.54) is 6.08 Å². The van der Waals surface area contributed by atoms with E-state index < -0.39 is 0 Å². The van der Waals surface area contributed by atoms with E-state index in [9.17, 15) is 4.79 Å². The highest BCUT2D eigenvalue weighted by Gasteiger charge is 2.08. The lowest BCUT2D eigenvalue weighted by atomic mass is 9.98. The zero-order chi connectivity index (χ0) is 20.9. The molecule has 0 spiro atoms. The molecule has 0 saturated heterocycles. The fraction of sp³-hybridized carbons (Fsp3) is 0.0800. The van der Waals surface area contributed by atoms with Gasteiger partial charge in [-0.05, 0) is 78.1 Å². The van der Waals surface area contributed by atoms with Gasteiger partial charge in [0.1, 0.15) is 6.26 Å². The Bertz CT molecular complexity index is 1190. The summed E-state index contributed by atoms with van der Waals surface area (Å²) < 4.78 is 5.41. The van der Waals surface area contributed by atoms with Crippen molar-refractivity contribution in [2.24, 2.45) is 0 Å². The van der Waals surface area contributed by atoms with Crippen LogP contribution < -0.4 is 5.32 Å². The summed E-state index contributed by atoms with van der Waals surface area (Å²) >= 11 is 0. The third-order valence-corrected chi connectivity index (χ3v) is 4.86. The lowest BCUT2D eigenvalue weighted by Gasteiger charge is -2.09. The average molecular weight is 395 g/mol. The molecule has 4 rings (SSSR count). The summed E-state index contributed by atoms with van der Waals surface area (Å²) in [6.45, 7) is 4.03. The summed E-state index contributed by atoms with van der Waals surface area (Å²) in [7, 11) is 0. The van der Waals surface area contributed by atoms with Crippen LogP contribution in [-0.2, 0) is 4.79 Å². The SMILES string of the molecule is Cc1cnccc1/C=C\C(=O)Nc1ccc(-c2cc(-c3ncco3)ccc2C)cc1. The number of hydrogen-bond donors (Lipinski definition) is 1. The quantitative estimate of drug-likeness (QED) is 0.442. The van der Waals surface area contributed by atoms with Gasteiger partial charge in [-0.15, -0.1) is 0 Å². The van der Waals surface area contributed by atoms with Gasteiger partial charge in [-0.3, -0.25) is 9.78 Å². The highest BCUT2D eigenvalue weighted by Crippen LogP contribution is 2.29. The number of rotatable bonds is 5. The van der Waals surface area contributed by atoms with Crippen molar-refractivity contribution >= 4 is 17.7 Å². The number of hydrogen-bond acceptors (Lipinski definition) is 4. The lowest BCUT2D eigenvalue weighted by molar-refractivity contribution is -0.111. The molecule has 1 N–H and O–H groups in total. The van der Waals surface area contributed by atoms with Crippen molar-refractivity contribution in [1.82, 2.24) is 9.97 Å². The maximum absolute atomic E-state index is 12.3. The minimum atomic E-state index is -0.180. The number of pyridine rings is 1. The molecule has 2 aromatic carbocycles. The minimum Gasteiger partial charge on any atom is -0.445 e. The molecule has 0 aliphatic heterocycles. The van der Waals surface area contributed by atoms with E-state index in [4.69, 9.17) is 4.42 Å². The summed E-state index contributed by atoms with van der Waals surface area (Å²) in [4.78, 5) is 20.5. The third kappa shape index (κ3) is 4.36. The van der Waals surface area contributed by atoms with Gasteiger partial charge in [0.05, 0.1) is 6.20 Å². The van der Waals surface area contributed by atoms with E-state index >= 15 is 0 Å². The molecule has 2 heterocycles. The Labute approximate surface area is 175 Å². The number of aryl methyl sites for hydroxylation is 2. The van der Waals surface area contributed by atoms with Crippen molar-refractivity contribution in [2.75, 3.05) is 5.32 Å². The molecular weight excluding hydrogens is 374 g/mol. The summed E-state index contributed by atoms with van der Waals surface area (Å²) in [5.74, 6) is 0.414. The number of carbonyl (C=O) groups excluding carboxylic acids is 1.